The average Bonchev–Trinajstić information content (AvgIpc) is 2.60. The molecule has 0 aliphatic rings. The molecule has 0 unspecified atom stereocenters. The third-order valence-corrected chi connectivity index (χ3v) is 4.85. The standard InChI is InChI=1S/C20H27NO2/c1-14(2)15(3)20(21,16-6-10-18(22-4)11-7-16)17-8-12-19(23-5)13-9-17/h6-15H,21H2,1-5H3/t15-/m0/s1. The van der Waals surface area contributed by atoms with Crippen molar-refractivity contribution >= 4 is 0 Å². The molecule has 0 radical (unpaired) electrons. The van der Waals surface area contributed by atoms with E-state index in [1.54, 1.807) is 14.2 Å². The molecule has 0 bridgehead atoms. The van der Waals surface area contributed by atoms with Gasteiger partial charge in [0, 0.05) is 0 Å². The summed E-state index contributed by atoms with van der Waals surface area (Å²) in [6.07, 6.45) is 0. The van der Waals surface area contributed by atoms with Crippen LogP contribution < -0.4 is 15.2 Å². The van der Waals surface area contributed by atoms with Gasteiger partial charge in [-0.1, -0.05) is 45.0 Å². The predicted molar refractivity (Wildman–Crippen MR) is 95.0 cm³/mol. The second kappa shape index (κ2) is 7.05. The molecule has 0 spiro atoms. The van der Waals surface area contributed by atoms with Gasteiger partial charge in [-0.2, -0.15) is 0 Å². The van der Waals surface area contributed by atoms with Crippen molar-refractivity contribution in [1.82, 2.24) is 0 Å². The second-order valence-corrected chi connectivity index (χ2v) is 6.36. The number of benzene rings is 2. The Labute approximate surface area is 139 Å². The molecule has 0 fully saturated rings. The predicted octanol–water partition coefficient (Wildman–Crippen LogP) is 4.20. The van der Waals surface area contributed by atoms with E-state index in [-0.39, 0.29) is 5.92 Å². The fraction of sp³-hybridized carbons (Fsp3) is 0.400. The molecule has 3 heteroatoms. The summed E-state index contributed by atoms with van der Waals surface area (Å²) < 4.78 is 10.5. The maximum atomic E-state index is 6.99. The zero-order valence-corrected chi connectivity index (χ0v) is 14.7. The van der Waals surface area contributed by atoms with Gasteiger partial charge in [0.2, 0.25) is 0 Å². The monoisotopic (exact) mass is 313 g/mol. The van der Waals surface area contributed by atoms with E-state index in [0.717, 1.165) is 22.6 Å². The summed E-state index contributed by atoms with van der Waals surface area (Å²) in [6.45, 7) is 6.62. The van der Waals surface area contributed by atoms with Crippen molar-refractivity contribution in [3.05, 3.63) is 59.7 Å². The molecule has 0 aromatic heterocycles. The lowest BCUT2D eigenvalue weighted by Crippen LogP contribution is -2.46. The number of methoxy groups -OCH3 is 2. The summed E-state index contributed by atoms with van der Waals surface area (Å²) in [4.78, 5) is 0. The Hall–Kier alpha value is -2.00. The van der Waals surface area contributed by atoms with Gasteiger partial charge < -0.3 is 15.2 Å². The minimum atomic E-state index is -0.563. The molecule has 2 N–H and O–H groups in total. The third kappa shape index (κ3) is 3.35. The topological polar surface area (TPSA) is 44.5 Å². The Morgan fingerprint density at radius 3 is 1.35 bits per heavy atom. The number of ether oxygens (including phenoxy) is 2. The van der Waals surface area contributed by atoms with Crippen molar-refractivity contribution in [2.24, 2.45) is 17.6 Å². The second-order valence-electron chi connectivity index (χ2n) is 6.36. The minimum Gasteiger partial charge on any atom is -0.497 e. The zero-order chi connectivity index (χ0) is 17.0. The van der Waals surface area contributed by atoms with Crippen molar-refractivity contribution in [1.29, 1.82) is 0 Å². The van der Waals surface area contributed by atoms with E-state index in [2.05, 4.69) is 45.0 Å². The molecular formula is C20H27NO2. The van der Waals surface area contributed by atoms with Crippen LogP contribution in [0.3, 0.4) is 0 Å². The van der Waals surface area contributed by atoms with Crippen LogP contribution in [-0.4, -0.2) is 14.2 Å². The minimum absolute atomic E-state index is 0.268. The molecule has 2 rings (SSSR count). The maximum absolute atomic E-state index is 6.99. The van der Waals surface area contributed by atoms with Gasteiger partial charge >= 0.3 is 0 Å². The van der Waals surface area contributed by atoms with Crippen molar-refractivity contribution in [3.63, 3.8) is 0 Å². The Morgan fingerprint density at radius 2 is 1.09 bits per heavy atom. The Morgan fingerprint density at radius 1 is 0.739 bits per heavy atom. The molecule has 2 aromatic rings. The fourth-order valence-electron chi connectivity index (χ4n) is 2.95. The van der Waals surface area contributed by atoms with E-state index in [0.29, 0.717) is 5.92 Å². The Kier molecular flexibility index (Phi) is 5.32. The van der Waals surface area contributed by atoms with Crippen LogP contribution in [0.15, 0.2) is 48.5 Å². The third-order valence-electron chi connectivity index (χ3n) is 4.85. The number of nitrogens with two attached hydrogens (primary N) is 1. The van der Waals surface area contributed by atoms with Gasteiger partial charge in [0.25, 0.3) is 0 Å². The molecule has 124 valence electrons. The smallest absolute Gasteiger partial charge is 0.118 e. The molecule has 0 saturated carbocycles. The van der Waals surface area contributed by atoms with Gasteiger partial charge in [-0.25, -0.2) is 0 Å². The maximum Gasteiger partial charge on any atom is 0.118 e. The van der Waals surface area contributed by atoms with E-state index in [9.17, 15) is 0 Å². The first-order valence-corrected chi connectivity index (χ1v) is 8.01. The summed E-state index contributed by atoms with van der Waals surface area (Å²) in [6, 6.07) is 16.1. The SMILES string of the molecule is COc1ccc(C(N)(c2ccc(OC)cc2)[C@@H](C)C(C)C)cc1. The molecule has 2 aromatic carbocycles. The highest BCUT2D eigenvalue weighted by molar-refractivity contribution is 5.43. The average molecular weight is 313 g/mol. The molecular weight excluding hydrogens is 286 g/mol. The Balaban J connectivity index is 2.53. The Bertz CT molecular complexity index is 570. The molecule has 0 amide bonds. The van der Waals surface area contributed by atoms with Gasteiger partial charge in [-0.05, 0) is 47.2 Å². The van der Waals surface area contributed by atoms with Crippen LogP contribution in [0.2, 0.25) is 0 Å². The zero-order valence-electron chi connectivity index (χ0n) is 14.7. The van der Waals surface area contributed by atoms with Crippen LogP contribution in [0, 0.1) is 11.8 Å². The molecule has 0 heterocycles. The van der Waals surface area contributed by atoms with Gasteiger partial charge in [0.1, 0.15) is 11.5 Å². The van der Waals surface area contributed by atoms with E-state index in [4.69, 9.17) is 15.2 Å². The summed E-state index contributed by atoms with van der Waals surface area (Å²) >= 11 is 0. The summed E-state index contributed by atoms with van der Waals surface area (Å²) in [5, 5.41) is 0. The lowest BCUT2D eigenvalue weighted by Gasteiger charge is -2.39. The number of rotatable bonds is 6. The lowest BCUT2D eigenvalue weighted by atomic mass is 9.70. The summed E-state index contributed by atoms with van der Waals surface area (Å²) in [5.74, 6) is 2.39. The van der Waals surface area contributed by atoms with Crippen molar-refractivity contribution in [2.75, 3.05) is 14.2 Å². The molecule has 0 aliphatic heterocycles. The highest BCUT2D eigenvalue weighted by atomic mass is 16.5. The quantitative estimate of drug-likeness (QED) is 0.869. The first-order chi connectivity index (χ1) is 10.9. The van der Waals surface area contributed by atoms with E-state index in [1.165, 1.54) is 0 Å². The number of hydrogen-bond acceptors (Lipinski definition) is 3. The lowest BCUT2D eigenvalue weighted by molar-refractivity contribution is 0.271. The number of hydrogen-bond donors (Lipinski definition) is 1. The summed E-state index contributed by atoms with van der Waals surface area (Å²) in [7, 11) is 3.34. The normalized spacial score (nSPS) is 13.0. The van der Waals surface area contributed by atoms with Crippen LogP contribution in [0.5, 0.6) is 11.5 Å². The largest absolute Gasteiger partial charge is 0.497 e. The summed E-state index contributed by atoms with van der Waals surface area (Å²) in [5.41, 5.74) is 8.60. The van der Waals surface area contributed by atoms with Crippen molar-refractivity contribution in [3.8, 4) is 11.5 Å². The molecule has 23 heavy (non-hydrogen) atoms. The molecule has 3 nitrogen and oxygen atoms in total. The fourth-order valence-corrected chi connectivity index (χ4v) is 2.95. The highest BCUT2D eigenvalue weighted by Crippen LogP contribution is 2.39. The van der Waals surface area contributed by atoms with Gasteiger partial charge in [-0.15, -0.1) is 0 Å². The van der Waals surface area contributed by atoms with Gasteiger partial charge in [-0.3, -0.25) is 0 Å². The first-order valence-electron chi connectivity index (χ1n) is 8.01. The van der Waals surface area contributed by atoms with Gasteiger partial charge in [0.15, 0.2) is 0 Å². The van der Waals surface area contributed by atoms with Crippen LogP contribution in [-0.2, 0) is 5.54 Å². The first kappa shape index (κ1) is 17.4. The van der Waals surface area contributed by atoms with Crippen molar-refractivity contribution < 1.29 is 9.47 Å². The molecule has 0 saturated heterocycles. The van der Waals surface area contributed by atoms with E-state index >= 15 is 0 Å². The van der Waals surface area contributed by atoms with Crippen LogP contribution in [0.1, 0.15) is 31.9 Å². The van der Waals surface area contributed by atoms with Crippen LogP contribution in [0.4, 0.5) is 0 Å². The highest BCUT2D eigenvalue weighted by Gasteiger charge is 2.37. The van der Waals surface area contributed by atoms with E-state index < -0.39 is 5.54 Å². The van der Waals surface area contributed by atoms with Crippen LogP contribution in [0.25, 0.3) is 0 Å². The molecule has 0 aliphatic carbocycles. The van der Waals surface area contributed by atoms with E-state index in [1.807, 2.05) is 24.3 Å². The molecule has 1 atom stereocenters. The van der Waals surface area contributed by atoms with Crippen molar-refractivity contribution in [2.45, 2.75) is 26.3 Å². The van der Waals surface area contributed by atoms with Crippen LogP contribution >= 0.6 is 0 Å². The van der Waals surface area contributed by atoms with Gasteiger partial charge in [0.05, 0.1) is 19.8 Å².